The lowest BCUT2D eigenvalue weighted by atomic mass is 9.70. The van der Waals surface area contributed by atoms with Crippen molar-refractivity contribution in [3.05, 3.63) is 33.4 Å². The number of benzene rings is 1. The number of sulfonamides is 1. The Balaban J connectivity index is 2.14. The van der Waals surface area contributed by atoms with E-state index < -0.39 is 21.9 Å². The predicted octanol–water partition coefficient (Wildman–Crippen LogP) is 3.82. The third-order valence-electron chi connectivity index (χ3n) is 6.67. The summed E-state index contributed by atoms with van der Waals surface area (Å²) in [6, 6.07) is 5.53. The normalized spacial score (nSPS) is 22.1. The maximum Gasteiger partial charge on any atom is 0.246 e. The van der Waals surface area contributed by atoms with Gasteiger partial charge in [-0.05, 0) is 59.3 Å². The molecule has 0 amide bonds. The fourth-order valence-electron chi connectivity index (χ4n) is 4.94. The Morgan fingerprint density at radius 2 is 1.97 bits per heavy atom. The minimum atomic E-state index is -3.95. The number of carbonyl (C=O) groups is 1. The van der Waals surface area contributed by atoms with Crippen molar-refractivity contribution in [3.8, 4) is 11.8 Å². The summed E-state index contributed by atoms with van der Waals surface area (Å²) < 4.78 is 39.2. The maximum absolute atomic E-state index is 13.4. The number of ether oxygens (including phenoxy) is 2. The lowest BCUT2D eigenvalue weighted by molar-refractivity contribution is -0.117. The van der Waals surface area contributed by atoms with Crippen LogP contribution in [0, 0.1) is 23.2 Å². The number of hydrogen-bond acceptors (Lipinski definition) is 8. The molecule has 1 aliphatic heterocycles. The van der Waals surface area contributed by atoms with Crippen molar-refractivity contribution in [1.29, 1.82) is 5.26 Å². The molecule has 1 N–H and O–H groups in total. The van der Waals surface area contributed by atoms with Crippen LogP contribution in [0.2, 0.25) is 0 Å². The van der Waals surface area contributed by atoms with Gasteiger partial charge in [0.05, 0.1) is 36.3 Å². The van der Waals surface area contributed by atoms with Crippen LogP contribution in [-0.4, -0.2) is 69.8 Å². The monoisotopic (exact) mass is 595 g/mol. The van der Waals surface area contributed by atoms with Crippen molar-refractivity contribution in [3.63, 3.8) is 0 Å². The lowest BCUT2D eigenvalue weighted by Crippen LogP contribution is -2.33. The van der Waals surface area contributed by atoms with E-state index in [1.807, 2.05) is 0 Å². The van der Waals surface area contributed by atoms with Gasteiger partial charge >= 0.3 is 0 Å². The molecule has 37 heavy (non-hydrogen) atoms. The van der Waals surface area contributed by atoms with Crippen molar-refractivity contribution < 1.29 is 27.8 Å². The molecular weight excluding hydrogens is 562 g/mol. The lowest BCUT2D eigenvalue weighted by Gasteiger charge is -2.35. The van der Waals surface area contributed by atoms with Gasteiger partial charge in [-0.15, -0.1) is 0 Å². The van der Waals surface area contributed by atoms with Gasteiger partial charge in [0.25, 0.3) is 0 Å². The highest BCUT2D eigenvalue weighted by Gasteiger charge is 2.42. The Bertz CT molecular complexity index is 1240. The molecule has 0 saturated heterocycles. The third-order valence-corrected chi connectivity index (χ3v) is 9.08. The Labute approximate surface area is 227 Å². The van der Waals surface area contributed by atoms with Gasteiger partial charge in [-0.1, -0.05) is 13.3 Å². The van der Waals surface area contributed by atoms with Gasteiger partial charge in [0, 0.05) is 43.4 Å². The second kappa shape index (κ2) is 12.6. The SMILES string of the molecule is CCCC1CC(=O)C2=C(C1)N=C(C)C(C#N)C2c1cc(Br)c(OCCOCCO)c(S(=O)(=O)N(C)C)c1. The number of nitriles is 1. The first-order chi connectivity index (χ1) is 17.6. The van der Waals surface area contributed by atoms with Crippen molar-refractivity contribution in [2.75, 3.05) is 40.5 Å². The average molecular weight is 597 g/mol. The van der Waals surface area contributed by atoms with Crippen LogP contribution in [0.25, 0.3) is 0 Å². The highest BCUT2D eigenvalue weighted by atomic mass is 79.9. The summed E-state index contributed by atoms with van der Waals surface area (Å²) in [7, 11) is -1.09. The summed E-state index contributed by atoms with van der Waals surface area (Å²) in [6.07, 6.45) is 2.96. The van der Waals surface area contributed by atoms with E-state index in [1.54, 1.807) is 13.0 Å². The van der Waals surface area contributed by atoms with E-state index in [2.05, 4.69) is 33.9 Å². The second-order valence-corrected chi connectivity index (χ2v) is 12.5. The van der Waals surface area contributed by atoms with Crippen molar-refractivity contribution >= 4 is 37.4 Å². The van der Waals surface area contributed by atoms with E-state index in [4.69, 9.17) is 14.6 Å². The number of ketones is 1. The summed E-state index contributed by atoms with van der Waals surface area (Å²) in [6.45, 7) is 4.12. The predicted molar refractivity (Wildman–Crippen MR) is 143 cm³/mol. The number of nitrogens with zero attached hydrogens (tertiary/aromatic N) is 3. The van der Waals surface area contributed by atoms with Crippen LogP contribution in [-0.2, 0) is 19.6 Å². The molecule has 1 aromatic rings. The van der Waals surface area contributed by atoms with E-state index in [0.29, 0.717) is 39.9 Å². The zero-order chi connectivity index (χ0) is 27.3. The molecule has 11 heteroatoms. The minimum Gasteiger partial charge on any atom is -0.489 e. The molecule has 3 unspecified atom stereocenters. The number of aliphatic hydroxyl groups is 1. The fraction of sp³-hybridized carbons (Fsp3) is 0.577. The molecule has 9 nitrogen and oxygen atoms in total. The Morgan fingerprint density at radius 1 is 1.24 bits per heavy atom. The summed E-state index contributed by atoms with van der Waals surface area (Å²) in [4.78, 5) is 18.0. The van der Waals surface area contributed by atoms with Gasteiger partial charge in [0.1, 0.15) is 11.5 Å². The summed E-state index contributed by atoms with van der Waals surface area (Å²) in [5.41, 5.74) is 2.37. The highest BCUT2D eigenvalue weighted by molar-refractivity contribution is 9.10. The Hall–Kier alpha value is -2.10. The van der Waals surface area contributed by atoms with Crippen LogP contribution in [0.1, 0.15) is 51.0 Å². The van der Waals surface area contributed by atoms with Crippen LogP contribution >= 0.6 is 15.9 Å². The standard InChI is InChI=1S/C26H34BrN3O6S/c1-5-6-17-11-21-25(22(32)12-17)24(19(15-28)16(2)29-21)18-13-20(27)26(36-10-9-35-8-7-31)23(14-18)37(33,34)30(3)4/h13-14,17,19,24,31H,5-12H2,1-4H3. The van der Waals surface area contributed by atoms with Gasteiger partial charge in [-0.25, -0.2) is 12.7 Å². The van der Waals surface area contributed by atoms with Crippen LogP contribution in [0.3, 0.4) is 0 Å². The molecule has 3 rings (SSSR count). The van der Waals surface area contributed by atoms with Crippen LogP contribution < -0.4 is 4.74 Å². The van der Waals surface area contributed by atoms with E-state index in [1.165, 1.54) is 20.2 Å². The Morgan fingerprint density at radius 3 is 2.59 bits per heavy atom. The summed E-state index contributed by atoms with van der Waals surface area (Å²) in [5, 5.41) is 19.0. The maximum atomic E-state index is 13.4. The molecule has 0 spiro atoms. The topological polar surface area (TPSA) is 129 Å². The smallest absolute Gasteiger partial charge is 0.246 e. The second-order valence-electron chi connectivity index (χ2n) is 9.49. The van der Waals surface area contributed by atoms with Crippen LogP contribution in [0.15, 0.2) is 37.8 Å². The first-order valence-corrected chi connectivity index (χ1v) is 14.6. The zero-order valence-corrected chi connectivity index (χ0v) is 24.1. The third kappa shape index (κ3) is 6.32. The van der Waals surface area contributed by atoms with Crippen LogP contribution in [0.5, 0.6) is 5.75 Å². The molecular formula is C26H34BrN3O6S. The molecule has 202 valence electrons. The number of hydrogen-bond donors (Lipinski definition) is 1. The first kappa shape index (κ1) is 29.5. The average Bonchev–Trinajstić information content (AvgIpc) is 2.83. The molecule has 0 fully saturated rings. The van der Waals surface area contributed by atoms with E-state index in [9.17, 15) is 18.5 Å². The minimum absolute atomic E-state index is 0.0318. The number of halogens is 1. The van der Waals surface area contributed by atoms with Gasteiger partial charge in [0.2, 0.25) is 10.0 Å². The van der Waals surface area contributed by atoms with Gasteiger partial charge < -0.3 is 14.6 Å². The van der Waals surface area contributed by atoms with E-state index >= 15 is 0 Å². The molecule has 0 bridgehead atoms. The molecule has 1 heterocycles. The number of Topliss-reactive ketones (excluding diaryl/α,β-unsaturated/α-hetero) is 1. The molecule has 0 aromatic heterocycles. The number of rotatable bonds is 11. The van der Waals surface area contributed by atoms with Crippen molar-refractivity contribution in [1.82, 2.24) is 4.31 Å². The van der Waals surface area contributed by atoms with Gasteiger partial charge in [0.15, 0.2) is 11.5 Å². The largest absolute Gasteiger partial charge is 0.489 e. The number of aliphatic imine (C=N–C) groups is 1. The summed E-state index contributed by atoms with van der Waals surface area (Å²) >= 11 is 3.48. The van der Waals surface area contributed by atoms with Gasteiger partial charge in [-0.2, -0.15) is 5.26 Å². The summed E-state index contributed by atoms with van der Waals surface area (Å²) in [5.74, 6) is -1.04. The molecule has 1 aliphatic carbocycles. The van der Waals surface area contributed by atoms with Crippen LogP contribution in [0.4, 0.5) is 0 Å². The fourth-order valence-corrected chi connectivity index (χ4v) is 6.75. The number of aliphatic hydroxyl groups excluding tert-OH is 1. The quantitative estimate of drug-likeness (QED) is 0.385. The van der Waals surface area contributed by atoms with Crippen molar-refractivity contribution in [2.24, 2.45) is 16.8 Å². The van der Waals surface area contributed by atoms with Gasteiger partial charge in [-0.3, -0.25) is 9.79 Å². The molecule has 0 radical (unpaired) electrons. The number of carbonyl (C=O) groups excluding carboxylic acids is 1. The highest BCUT2D eigenvalue weighted by Crippen LogP contribution is 2.47. The Kier molecular flexibility index (Phi) is 10.1. The zero-order valence-electron chi connectivity index (χ0n) is 21.7. The van der Waals surface area contributed by atoms with Crippen molar-refractivity contribution in [2.45, 2.75) is 50.3 Å². The number of allylic oxidation sites excluding steroid dienone is 2. The molecule has 0 saturated carbocycles. The van der Waals surface area contributed by atoms with E-state index in [0.717, 1.165) is 17.1 Å². The van der Waals surface area contributed by atoms with E-state index in [-0.39, 0.29) is 48.8 Å². The first-order valence-electron chi connectivity index (χ1n) is 12.3. The molecule has 2 aliphatic rings. The molecule has 3 atom stereocenters. The molecule has 1 aromatic carbocycles.